The Morgan fingerprint density at radius 3 is 2.00 bits per heavy atom. The minimum atomic E-state index is 0. The van der Waals surface area contributed by atoms with Gasteiger partial charge in [-0.2, -0.15) is 12.8 Å². The predicted molar refractivity (Wildman–Crippen MR) is 36.5 cm³/mol. The van der Waals surface area contributed by atoms with Gasteiger partial charge in [0.05, 0.1) is 0 Å². The molecule has 0 saturated heterocycles. The van der Waals surface area contributed by atoms with Gasteiger partial charge in [-0.15, -0.1) is 0 Å². The van der Waals surface area contributed by atoms with Gasteiger partial charge in [-0.05, 0) is 5.92 Å². The summed E-state index contributed by atoms with van der Waals surface area (Å²) in [5.41, 5.74) is 0. The second kappa shape index (κ2) is 8.29. The third kappa shape index (κ3) is 4.93. The van der Waals surface area contributed by atoms with Crippen LogP contribution in [-0.2, 0) is 0 Å². The summed E-state index contributed by atoms with van der Waals surface area (Å²) in [6.45, 7) is 2.30. The van der Waals surface area contributed by atoms with Gasteiger partial charge >= 0.3 is 37.7 Å². The van der Waals surface area contributed by atoms with Crippen LogP contribution in [0, 0.1) is 12.3 Å². The molecule has 0 N–H and O–H groups in total. The zero-order valence-corrected chi connectivity index (χ0v) is 7.69. The minimum Gasteiger partial charge on any atom is -0.328 e. The molecule has 1 saturated carbocycles. The molecule has 10 heavy (non-hydrogen) atoms. The molecular weight excluding hydrogens is 110 g/mol. The van der Waals surface area contributed by atoms with Crippen LogP contribution < -0.4 is 37.7 Å². The maximum absolute atomic E-state index is 2.42. The van der Waals surface area contributed by atoms with Crippen LogP contribution in [0.15, 0.2) is 0 Å². The normalized spacial score (nSPS) is 18.9. The Kier molecular flexibility index (Phi) is 11.4. The largest absolute Gasteiger partial charge is 1.00 e. The van der Waals surface area contributed by atoms with Gasteiger partial charge in [-0.1, -0.05) is 26.2 Å². The number of rotatable bonds is 1. The van der Waals surface area contributed by atoms with Crippen LogP contribution in [0.4, 0.5) is 0 Å². The van der Waals surface area contributed by atoms with Crippen molar-refractivity contribution in [2.24, 2.45) is 5.92 Å². The van der Waals surface area contributed by atoms with Crippen LogP contribution in [0.5, 0.6) is 0 Å². The average Bonchev–Trinajstić information content (AvgIpc) is 1.90. The minimum absolute atomic E-state index is 0. The van der Waals surface area contributed by atoms with E-state index in [0.29, 0.717) is 0 Å². The van der Waals surface area contributed by atoms with Gasteiger partial charge in [0.25, 0.3) is 0 Å². The second-order valence-corrected chi connectivity index (χ2v) is 2.72. The van der Waals surface area contributed by atoms with E-state index in [1.165, 1.54) is 32.1 Å². The molecule has 2 heteroatoms. The van der Waals surface area contributed by atoms with E-state index in [2.05, 4.69) is 13.3 Å². The molecule has 0 aromatic heterocycles. The molecule has 1 aliphatic rings. The summed E-state index contributed by atoms with van der Waals surface area (Å²) >= 11 is 0. The van der Waals surface area contributed by atoms with Crippen molar-refractivity contribution in [3.8, 4) is 0 Å². The van der Waals surface area contributed by atoms with Crippen molar-refractivity contribution in [2.45, 2.75) is 39.0 Å². The molecule has 0 nitrogen and oxygen atoms in total. The van der Waals surface area contributed by atoms with Crippen molar-refractivity contribution in [1.29, 1.82) is 0 Å². The fourth-order valence-corrected chi connectivity index (χ4v) is 1.40. The summed E-state index contributed by atoms with van der Waals surface area (Å²) in [7, 11) is 0. The van der Waals surface area contributed by atoms with E-state index < -0.39 is 0 Å². The standard InChI is InChI=1S/C8H15.2Li/c1-2-8-6-4-3-5-7-8;;/h3,8H,2,4-7H2,1H3;;/q-1;2*+1. The van der Waals surface area contributed by atoms with Gasteiger partial charge in [-0.25, -0.2) is 0 Å². The second-order valence-electron chi connectivity index (χ2n) is 2.72. The maximum Gasteiger partial charge on any atom is 1.00 e. The fourth-order valence-electron chi connectivity index (χ4n) is 1.40. The molecule has 0 bridgehead atoms. The van der Waals surface area contributed by atoms with Crippen LogP contribution >= 0.6 is 0 Å². The topological polar surface area (TPSA) is 0 Å². The van der Waals surface area contributed by atoms with Crippen molar-refractivity contribution in [1.82, 2.24) is 0 Å². The summed E-state index contributed by atoms with van der Waals surface area (Å²) in [5.74, 6) is 1.06. The quantitative estimate of drug-likeness (QED) is 0.256. The first-order valence-electron chi connectivity index (χ1n) is 3.75. The van der Waals surface area contributed by atoms with Gasteiger partial charge in [0.1, 0.15) is 0 Å². The maximum atomic E-state index is 2.42. The Bertz CT molecular complexity index is 58.3. The summed E-state index contributed by atoms with van der Waals surface area (Å²) in [6, 6.07) is 0. The van der Waals surface area contributed by atoms with Crippen LogP contribution in [0.1, 0.15) is 39.0 Å². The molecule has 0 spiro atoms. The van der Waals surface area contributed by atoms with E-state index in [4.69, 9.17) is 0 Å². The van der Waals surface area contributed by atoms with Crippen LogP contribution in [-0.4, -0.2) is 0 Å². The first-order valence-corrected chi connectivity index (χ1v) is 3.75. The molecule has 0 aliphatic heterocycles. The van der Waals surface area contributed by atoms with E-state index >= 15 is 0 Å². The molecular formula is C8H15Li2+. The van der Waals surface area contributed by atoms with E-state index in [-0.39, 0.29) is 37.7 Å². The molecule has 0 amide bonds. The molecule has 0 heterocycles. The Hall–Kier alpha value is 1.19. The van der Waals surface area contributed by atoms with Crippen molar-refractivity contribution < 1.29 is 37.7 Å². The van der Waals surface area contributed by atoms with E-state index in [9.17, 15) is 0 Å². The van der Waals surface area contributed by atoms with Crippen LogP contribution in [0.2, 0.25) is 0 Å². The molecule has 1 aliphatic carbocycles. The first-order chi connectivity index (χ1) is 3.93. The third-order valence-electron chi connectivity index (χ3n) is 2.14. The van der Waals surface area contributed by atoms with Crippen molar-refractivity contribution in [2.75, 3.05) is 0 Å². The van der Waals surface area contributed by atoms with Gasteiger partial charge in [0.2, 0.25) is 0 Å². The van der Waals surface area contributed by atoms with E-state index in [1.54, 1.807) is 0 Å². The monoisotopic (exact) mass is 125 g/mol. The first kappa shape index (κ1) is 13.8. The zero-order chi connectivity index (χ0) is 5.82. The van der Waals surface area contributed by atoms with Crippen molar-refractivity contribution in [3.05, 3.63) is 6.42 Å². The Labute approximate surface area is 88.9 Å². The van der Waals surface area contributed by atoms with Crippen molar-refractivity contribution >= 4 is 0 Å². The molecule has 0 radical (unpaired) electrons. The molecule has 1 fully saturated rings. The number of hydrogen-bond acceptors (Lipinski definition) is 0. The summed E-state index contributed by atoms with van der Waals surface area (Å²) in [6.07, 6.45) is 9.48. The molecule has 0 aromatic carbocycles. The third-order valence-corrected chi connectivity index (χ3v) is 2.14. The smallest absolute Gasteiger partial charge is 0.328 e. The van der Waals surface area contributed by atoms with Crippen LogP contribution in [0.25, 0.3) is 0 Å². The van der Waals surface area contributed by atoms with Crippen LogP contribution in [0.3, 0.4) is 0 Å². The Morgan fingerprint density at radius 1 is 1.20 bits per heavy atom. The van der Waals surface area contributed by atoms with Gasteiger partial charge in [0, 0.05) is 0 Å². The molecule has 0 aromatic rings. The molecule has 0 unspecified atom stereocenters. The fraction of sp³-hybridized carbons (Fsp3) is 0.875. The zero-order valence-electron chi connectivity index (χ0n) is 7.69. The SMILES string of the molecule is CCC1CC[CH-]CC1.[Li+].[Li+]. The van der Waals surface area contributed by atoms with Gasteiger partial charge in [0.15, 0.2) is 0 Å². The number of hydrogen-bond donors (Lipinski definition) is 0. The molecule has 0 atom stereocenters. The Balaban J connectivity index is 0. The van der Waals surface area contributed by atoms with E-state index in [1.807, 2.05) is 0 Å². The molecule has 48 valence electrons. The van der Waals surface area contributed by atoms with Gasteiger partial charge in [-0.3, -0.25) is 0 Å². The Morgan fingerprint density at radius 2 is 1.70 bits per heavy atom. The predicted octanol–water partition coefficient (Wildman–Crippen LogP) is -3.20. The summed E-state index contributed by atoms with van der Waals surface area (Å²) in [4.78, 5) is 0. The summed E-state index contributed by atoms with van der Waals surface area (Å²) in [5, 5.41) is 0. The van der Waals surface area contributed by atoms with E-state index in [0.717, 1.165) is 5.92 Å². The van der Waals surface area contributed by atoms with Crippen molar-refractivity contribution in [3.63, 3.8) is 0 Å². The van der Waals surface area contributed by atoms with Gasteiger partial charge < -0.3 is 6.42 Å². The average molecular weight is 125 g/mol. The molecule has 1 rings (SSSR count). The summed E-state index contributed by atoms with van der Waals surface area (Å²) < 4.78 is 0.